The van der Waals surface area contributed by atoms with Crippen LogP contribution in [0.3, 0.4) is 0 Å². The van der Waals surface area contributed by atoms with Crippen molar-refractivity contribution < 1.29 is 9.53 Å². The lowest BCUT2D eigenvalue weighted by atomic mass is 9.98. The first kappa shape index (κ1) is 10.5. The van der Waals surface area contributed by atoms with Gasteiger partial charge in [0.05, 0.1) is 0 Å². The van der Waals surface area contributed by atoms with Gasteiger partial charge in [-0.2, -0.15) is 0 Å². The Balaban J connectivity index is 2.55. The van der Waals surface area contributed by atoms with Gasteiger partial charge in [-0.3, -0.25) is 4.79 Å². The monoisotopic (exact) mass is 186 g/mol. The third-order valence-electron chi connectivity index (χ3n) is 2.77. The van der Waals surface area contributed by atoms with E-state index in [2.05, 4.69) is 0 Å². The van der Waals surface area contributed by atoms with Crippen molar-refractivity contribution in [3.8, 4) is 0 Å². The van der Waals surface area contributed by atoms with Gasteiger partial charge in [0.2, 0.25) is 0 Å². The predicted octanol–water partition coefficient (Wildman–Crippen LogP) is -0.0290. The van der Waals surface area contributed by atoms with E-state index in [4.69, 9.17) is 10.5 Å². The number of methoxy groups -OCH3 is 1. The summed E-state index contributed by atoms with van der Waals surface area (Å²) in [5.74, 6) is 0.0548. The number of ether oxygens (including phenoxy) is 1. The summed E-state index contributed by atoms with van der Waals surface area (Å²) in [5, 5.41) is 0. The Kier molecular flexibility index (Phi) is 2.93. The van der Waals surface area contributed by atoms with Crippen molar-refractivity contribution >= 4 is 5.91 Å². The van der Waals surface area contributed by atoms with Crippen molar-refractivity contribution in [2.75, 3.05) is 20.2 Å². The maximum absolute atomic E-state index is 11.8. The van der Waals surface area contributed by atoms with Crippen LogP contribution < -0.4 is 5.73 Å². The maximum Gasteiger partial charge on any atom is 0.254 e. The molecule has 4 heteroatoms. The lowest BCUT2D eigenvalue weighted by molar-refractivity contribution is -0.157. The Bertz CT molecular complexity index is 196. The molecule has 1 aliphatic heterocycles. The topological polar surface area (TPSA) is 55.6 Å². The van der Waals surface area contributed by atoms with Crippen LogP contribution in [-0.2, 0) is 9.53 Å². The SMILES string of the molecule is CCC(C)(OC)C(=O)N1CC(N)C1. The zero-order valence-corrected chi connectivity index (χ0v) is 8.54. The fourth-order valence-electron chi connectivity index (χ4n) is 1.40. The largest absolute Gasteiger partial charge is 0.369 e. The lowest BCUT2D eigenvalue weighted by Crippen LogP contribution is -2.62. The van der Waals surface area contributed by atoms with Crippen LogP contribution in [0.5, 0.6) is 0 Å². The van der Waals surface area contributed by atoms with Crippen LogP contribution in [-0.4, -0.2) is 42.6 Å². The summed E-state index contributed by atoms with van der Waals surface area (Å²) in [6, 6.07) is 0.155. The minimum absolute atomic E-state index is 0.0548. The first-order valence-electron chi connectivity index (χ1n) is 4.63. The zero-order valence-electron chi connectivity index (χ0n) is 8.54. The highest BCUT2D eigenvalue weighted by atomic mass is 16.5. The quantitative estimate of drug-likeness (QED) is 0.673. The van der Waals surface area contributed by atoms with E-state index in [1.54, 1.807) is 12.0 Å². The normalized spacial score (nSPS) is 22.3. The van der Waals surface area contributed by atoms with Crippen molar-refractivity contribution in [3.63, 3.8) is 0 Å². The average molecular weight is 186 g/mol. The van der Waals surface area contributed by atoms with Crippen molar-refractivity contribution in [3.05, 3.63) is 0 Å². The summed E-state index contributed by atoms with van der Waals surface area (Å²) in [7, 11) is 1.57. The fourth-order valence-corrected chi connectivity index (χ4v) is 1.40. The summed E-state index contributed by atoms with van der Waals surface area (Å²) >= 11 is 0. The Morgan fingerprint density at radius 2 is 2.23 bits per heavy atom. The summed E-state index contributed by atoms with van der Waals surface area (Å²) in [4.78, 5) is 13.5. The van der Waals surface area contributed by atoms with E-state index in [0.29, 0.717) is 19.5 Å². The predicted molar refractivity (Wildman–Crippen MR) is 50.3 cm³/mol. The van der Waals surface area contributed by atoms with Crippen molar-refractivity contribution in [2.45, 2.75) is 31.9 Å². The smallest absolute Gasteiger partial charge is 0.254 e. The number of amides is 1. The van der Waals surface area contributed by atoms with Gasteiger partial charge in [-0.25, -0.2) is 0 Å². The van der Waals surface area contributed by atoms with Crippen LogP contribution in [0, 0.1) is 0 Å². The molecule has 0 aromatic carbocycles. The second-order valence-electron chi connectivity index (χ2n) is 3.76. The van der Waals surface area contributed by atoms with Crippen LogP contribution in [0.15, 0.2) is 0 Å². The van der Waals surface area contributed by atoms with E-state index in [-0.39, 0.29) is 11.9 Å². The number of hydrogen-bond donors (Lipinski definition) is 1. The molecule has 1 fully saturated rings. The standard InChI is InChI=1S/C9H18N2O2/c1-4-9(2,13-3)8(12)11-5-7(10)6-11/h7H,4-6,10H2,1-3H3. The molecule has 0 radical (unpaired) electrons. The molecule has 1 aliphatic rings. The third-order valence-corrected chi connectivity index (χ3v) is 2.77. The first-order chi connectivity index (χ1) is 6.03. The molecule has 1 unspecified atom stereocenters. The second kappa shape index (κ2) is 3.64. The number of carbonyl (C=O) groups is 1. The van der Waals surface area contributed by atoms with Gasteiger partial charge < -0.3 is 15.4 Å². The molecule has 13 heavy (non-hydrogen) atoms. The maximum atomic E-state index is 11.8. The molecule has 0 bridgehead atoms. The zero-order chi connectivity index (χ0) is 10.1. The highest BCUT2D eigenvalue weighted by Gasteiger charge is 2.39. The number of hydrogen-bond acceptors (Lipinski definition) is 3. The molecule has 0 aliphatic carbocycles. The molecule has 1 atom stereocenters. The number of likely N-dealkylation sites (tertiary alicyclic amines) is 1. The van der Waals surface area contributed by atoms with Gasteiger partial charge in [0.25, 0.3) is 5.91 Å². The molecular formula is C9H18N2O2. The van der Waals surface area contributed by atoms with E-state index in [9.17, 15) is 4.79 Å². The molecule has 0 saturated carbocycles. The average Bonchev–Trinajstić information content (AvgIpc) is 2.10. The van der Waals surface area contributed by atoms with Crippen LogP contribution in [0.2, 0.25) is 0 Å². The van der Waals surface area contributed by atoms with E-state index >= 15 is 0 Å². The van der Waals surface area contributed by atoms with Crippen LogP contribution in [0.25, 0.3) is 0 Å². The minimum atomic E-state index is -0.667. The Hall–Kier alpha value is -0.610. The Morgan fingerprint density at radius 3 is 2.54 bits per heavy atom. The van der Waals surface area contributed by atoms with Crippen LogP contribution in [0.4, 0.5) is 0 Å². The molecular weight excluding hydrogens is 168 g/mol. The van der Waals surface area contributed by atoms with Gasteiger partial charge in [-0.1, -0.05) is 6.92 Å². The van der Waals surface area contributed by atoms with Gasteiger partial charge in [0.15, 0.2) is 0 Å². The molecule has 76 valence electrons. The first-order valence-corrected chi connectivity index (χ1v) is 4.63. The van der Waals surface area contributed by atoms with Gasteiger partial charge >= 0.3 is 0 Å². The number of rotatable bonds is 3. The van der Waals surface area contributed by atoms with Crippen LogP contribution >= 0.6 is 0 Å². The fraction of sp³-hybridized carbons (Fsp3) is 0.889. The Morgan fingerprint density at radius 1 is 1.69 bits per heavy atom. The third kappa shape index (κ3) is 1.84. The molecule has 0 spiro atoms. The van der Waals surface area contributed by atoms with Gasteiger partial charge in [0, 0.05) is 26.2 Å². The molecule has 1 rings (SSSR count). The highest BCUT2D eigenvalue weighted by molar-refractivity contribution is 5.85. The summed E-state index contributed by atoms with van der Waals surface area (Å²) in [5.41, 5.74) is 4.93. The number of carbonyl (C=O) groups excluding carboxylic acids is 1. The molecule has 2 N–H and O–H groups in total. The van der Waals surface area contributed by atoms with Crippen molar-refractivity contribution in [1.29, 1.82) is 0 Å². The molecule has 1 heterocycles. The number of nitrogens with zero attached hydrogens (tertiary/aromatic N) is 1. The van der Waals surface area contributed by atoms with E-state index in [1.807, 2.05) is 13.8 Å². The molecule has 1 amide bonds. The second-order valence-corrected chi connectivity index (χ2v) is 3.76. The highest BCUT2D eigenvalue weighted by Crippen LogP contribution is 2.20. The summed E-state index contributed by atoms with van der Waals surface area (Å²) in [6.07, 6.45) is 0.689. The van der Waals surface area contributed by atoms with Crippen molar-refractivity contribution in [2.24, 2.45) is 5.73 Å². The molecule has 4 nitrogen and oxygen atoms in total. The van der Waals surface area contributed by atoms with Crippen molar-refractivity contribution in [1.82, 2.24) is 4.90 Å². The van der Waals surface area contributed by atoms with Gasteiger partial charge in [-0.05, 0) is 13.3 Å². The molecule has 0 aromatic rings. The summed E-state index contributed by atoms with van der Waals surface area (Å²) in [6.45, 7) is 5.09. The van der Waals surface area contributed by atoms with Gasteiger partial charge in [-0.15, -0.1) is 0 Å². The van der Waals surface area contributed by atoms with E-state index in [1.165, 1.54) is 0 Å². The number of nitrogens with two attached hydrogens (primary N) is 1. The van der Waals surface area contributed by atoms with Gasteiger partial charge in [0.1, 0.15) is 5.60 Å². The minimum Gasteiger partial charge on any atom is -0.369 e. The molecule has 0 aromatic heterocycles. The van der Waals surface area contributed by atoms with E-state index < -0.39 is 5.60 Å². The Labute approximate surface area is 79.0 Å². The van der Waals surface area contributed by atoms with E-state index in [0.717, 1.165) is 0 Å². The summed E-state index contributed by atoms with van der Waals surface area (Å²) < 4.78 is 5.21. The molecule has 1 saturated heterocycles. The van der Waals surface area contributed by atoms with Crippen LogP contribution in [0.1, 0.15) is 20.3 Å². The lowest BCUT2D eigenvalue weighted by Gasteiger charge is -2.41.